The van der Waals surface area contributed by atoms with Crippen molar-refractivity contribution in [2.75, 3.05) is 7.11 Å². The van der Waals surface area contributed by atoms with Crippen LogP contribution in [0.25, 0.3) is 0 Å². The molecule has 7 heteroatoms. The molecule has 25 heavy (non-hydrogen) atoms. The summed E-state index contributed by atoms with van der Waals surface area (Å²) in [5.41, 5.74) is 1.12. The SMILES string of the molecule is COc1ccc(C(=O)NC(Cn2nccn2)c2ccccc2)cc1F. The van der Waals surface area contributed by atoms with Gasteiger partial charge in [0, 0.05) is 5.56 Å². The Balaban J connectivity index is 1.82. The van der Waals surface area contributed by atoms with Crippen LogP contribution < -0.4 is 10.1 Å². The summed E-state index contributed by atoms with van der Waals surface area (Å²) in [6.45, 7) is 0.362. The molecular formula is C18H17FN4O2. The Morgan fingerprint density at radius 3 is 2.56 bits per heavy atom. The minimum absolute atomic E-state index is 0.0944. The fourth-order valence-corrected chi connectivity index (χ4v) is 2.47. The summed E-state index contributed by atoms with van der Waals surface area (Å²) in [6.07, 6.45) is 3.14. The number of amides is 1. The Morgan fingerprint density at radius 2 is 1.92 bits per heavy atom. The Morgan fingerprint density at radius 1 is 1.20 bits per heavy atom. The topological polar surface area (TPSA) is 69.0 Å². The van der Waals surface area contributed by atoms with Gasteiger partial charge in [-0.2, -0.15) is 15.0 Å². The first-order chi connectivity index (χ1) is 12.2. The molecule has 6 nitrogen and oxygen atoms in total. The largest absolute Gasteiger partial charge is 0.494 e. The van der Waals surface area contributed by atoms with Crippen LogP contribution in [0.3, 0.4) is 0 Å². The van der Waals surface area contributed by atoms with E-state index < -0.39 is 5.82 Å². The molecule has 0 aliphatic carbocycles. The normalized spacial score (nSPS) is 11.8. The Bertz CT molecular complexity index is 838. The zero-order valence-corrected chi connectivity index (χ0v) is 13.6. The molecule has 0 aliphatic rings. The molecule has 3 aromatic rings. The van der Waals surface area contributed by atoms with Gasteiger partial charge in [-0.1, -0.05) is 30.3 Å². The second-order valence-corrected chi connectivity index (χ2v) is 5.37. The molecule has 1 amide bonds. The van der Waals surface area contributed by atoms with Crippen LogP contribution in [0.5, 0.6) is 5.75 Å². The highest BCUT2D eigenvalue weighted by atomic mass is 19.1. The quantitative estimate of drug-likeness (QED) is 0.749. The van der Waals surface area contributed by atoms with Gasteiger partial charge >= 0.3 is 0 Å². The third-order valence-electron chi connectivity index (χ3n) is 3.73. The van der Waals surface area contributed by atoms with E-state index in [9.17, 15) is 9.18 Å². The fraction of sp³-hybridized carbons (Fsp3) is 0.167. The lowest BCUT2D eigenvalue weighted by Crippen LogP contribution is -2.32. The average Bonchev–Trinajstić information content (AvgIpc) is 3.15. The van der Waals surface area contributed by atoms with Gasteiger partial charge in [0.05, 0.1) is 32.1 Å². The van der Waals surface area contributed by atoms with Gasteiger partial charge in [0.25, 0.3) is 5.91 Å². The lowest BCUT2D eigenvalue weighted by molar-refractivity contribution is 0.0930. The third-order valence-corrected chi connectivity index (χ3v) is 3.73. The molecular weight excluding hydrogens is 323 g/mol. The Hall–Kier alpha value is -3.22. The first-order valence-electron chi connectivity index (χ1n) is 7.71. The molecule has 3 rings (SSSR count). The highest BCUT2D eigenvalue weighted by molar-refractivity contribution is 5.94. The van der Waals surface area contributed by atoms with Crippen LogP contribution in [0, 0.1) is 5.82 Å². The summed E-state index contributed by atoms with van der Waals surface area (Å²) >= 11 is 0. The molecule has 1 N–H and O–H groups in total. The fourth-order valence-electron chi connectivity index (χ4n) is 2.47. The number of rotatable bonds is 6. The summed E-state index contributed by atoms with van der Waals surface area (Å²) < 4.78 is 18.7. The number of hydrogen-bond donors (Lipinski definition) is 1. The molecule has 0 fully saturated rings. The zero-order chi connectivity index (χ0) is 17.6. The summed E-state index contributed by atoms with van der Waals surface area (Å²) in [5, 5.41) is 11.1. The van der Waals surface area contributed by atoms with Gasteiger partial charge in [-0.25, -0.2) is 4.39 Å². The van der Waals surface area contributed by atoms with Gasteiger partial charge < -0.3 is 10.1 Å². The van der Waals surface area contributed by atoms with E-state index >= 15 is 0 Å². The minimum Gasteiger partial charge on any atom is -0.494 e. The lowest BCUT2D eigenvalue weighted by Gasteiger charge is -2.19. The number of halogens is 1. The van der Waals surface area contributed by atoms with E-state index in [4.69, 9.17) is 4.74 Å². The van der Waals surface area contributed by atoms with Gasteiger partial charge in [0.2, 0.25) is 0 Å². The van der Waals surface area contributed by atoms with Gasteiger partial charge in [-0.15, -0.1) is 0 Å². The maximum atomic E-state index is 13.8. The van der Waals surface area contributed by atoms with Crippen molar-refractivity contribution in [1.29, 1.82) is 0 Å². The molecule has 128 valence electrons. The van der Waals surface area contributed by atoms with Crippen LogP contribution in [0.1, 0.15) is 22.0 Å². The summed E-state index contributed by atoms with van der Waals surface area (Å²) in [6, 6.07) is 13.2. The van der Waals surface area contributed by atoms with E-state index in [1.165, 1.54) is 24.0 Å². The van der Waals surface area contributed by atoms with Crippen molar-refractivity contribution in [1.82, 2.24) is 20.3 Å². The number of nitrogens with zero attached hydrogens (tertiary/aromatic N) is 3. The smallest absolute Gasteiger partial charge is 0.251 e. The van der Waals surface area contributed by atoms with Crippen LogP contribution in [-0.4, -0.2) is 28.0 Å². The number of ether oxygens (including phenoxy) is 1. The van der Waals surface area contributed by atoms with Gasteiger partial charge in [0.1, 0.15) is 0 Å². The van der Waals surface area contributed by atoms with Crippen LogP contribution >= 0.6 is 0 Å². The summed E-state index contributed by atoms with van der Waals surface area (Å²) in [7, 11) is 1.38. The minimum atomic E-state index is -0.583. The number of nitrogens with one attached hydrogen (secondary N) is 1. The van der Waals surface area contributed by atoms with Crippen LogP contribution in [0.2, 0.25) is 0 Å². The lowest BCUT2D eigenvalue weighted by atomic mass is 10.1. The van der Waals surface area contributed by atoms with Crippen molar-refractivity contribution in [2.24, 2.45) is 0 Å². The molecule has 0 aliphatic heterocycles. The monoisotopic (exact) mass is 340 g/mol. The van der Waals surface area contributed by atoms with Crippen molar-refractivity contribution < 1.29 is 13.9 Å². The molecule has 0 saturated heterocycles. The molecule has 1 heterocycles. The number of hydrogen-bond acceptors (Lipinski definition) is 4. The predicted octanol–water partition coefficient (Wildman–Crippen LogP) is 2.60. The number of methoxy groups -OCH3 is 1. The Labute approximate surface area is 144 Å². The van der Waals surface area contributed by atoms with Crippen LogP contribution in [-0.2, 0) is 6.54 Å². The zero-order valence-electron chi connectivity index (χ0n) is 13.6. The Kier molecular flexibility index (Phi) is 5.03. The molecule has 0 spiro atoms. The van der Waals surface area contributed by atoms with Crippen molar-refractivity contribution in [3.05, 3.63) is 77.9 Å². The van der Waals surface area contributed by atoms with Crippen LogP contribution in [0.4, 0.5) is 4.39 Å². The summed E-state index contributed by atoms with van der Waals surface area (Å²) in [5.74, 6) is -0.875. The van der Waals surface area contributed by atoms with Crippen molar-refractivity contribution in [3.8, 4) is 5.75 Å². The average molecular weight is 340 g/mol. The van der Waals surface area contributed by atoms with Crippen molar-refractivity contribution >= 4 is 5.91 Å². The highest BCUT2D eigenvalue weighted by Crippen LogP contribution is 2.19. The number of benzene rings is 2. The molecule has 1 unspecified atom stereocenters. The van der Waals surface area contributed by atoms with Gasteiger partial charge in [-0.05, 0) is 23.8 Å². The standard InChI is InChI=1S/C18H17FN4O2/c1-25-17-8-7-14(11-15(17)19)18(24)22-16(12-23-20-9-10-21-23)13-5-3-2-4-6-13/h2-11,16H,12H2,1H3,(H,22,24). The van der Waals surface area contributed by atoms with Crippen molar-refractivity contribution in [2.45, 2.75) is 12.6 Å². The van der Waals surface area contributed by atoms with E-state index in [0.717, 1.165) is 11.6 Å². The second-order valence-electron chi connectivity index (χ2n) is 5.37. The van der Waals surface area contributed by atoms with Crippen molar-refractivity contribution in [3.63, 3.8) is 0 Å². The predicted molar refractivity (Wildman–Crippen MR) is 89.6 cm³/mol. The third kappa shape index (κ3) is 4.00. The number of carbonyl (C=O) groups is 1. The van der Waals surface area contributed by atoms with Gasteiger partial charge in [-0.3, -0.25) is 4.79 Å². The molecule has 0 bridgehead atoms. The molecule has 0 radical (unpaired) electrons. The number of carbonyl (C=O) groups excluding carboxylic acids is 1. The van der Waals surface area contributed by atoms with Crippen LogP contribution in [0.15, 0.2) is 60.9 Å². The van der Waals surface area contributed by atoms with E-state index in [1.807, 2.05) is 30.3 Å². The first kappa shape index (κ1) is 16.6. The van der Waals surface area contributed by atoms with Gasteiger partial charge in [0.15, 0.2) is 11.6 Å². The van der Waals surface area contributed by atoms with E-state index in [2.05, 4.69) is 15.5 Å². The highest BCUT2D eigenvalue weighted by Gasteiger charge is 2.18. The van der Waals surface area contributed by atoms with E-state index in [0.29, 0.717) is 6.54 Å². The summed E-state index contributed by atoms with van der Waals surface area (Å²) in [4.78, 5) is 14.0. The first-order valence-corrected chi connectivity index (χ1v) is 7.71. The molecule has 1 aromatic heterocycles. The van der Waals surface area contributed by atoms with E-state index in [-0.39, 0.29) is 23.3 Å². The maximum Gasteiger partial charge on any atom is 0.251 e. The molecule has 0 saturated carbocycles. The van der Waals surface area contributed by atoms with E-state index in [1.54, 1.807) is 12.4 Å². The number of aromatic nitrogens is 3. The maximum absolute atomic E-state index is 13.8. The second kappa shape index (κ2) is 7.57. The molecule has 1 atom stereocenters. The molecule has 2 aromatic carbocycles.